The van der Waals surface area contributed by atoms with Gasteiger partial charge in [0, 0.05) is 29.9 Å². The molecule has 1 saturated heterocycles. The molecule has 0 spiro atoms. The van der Waals surface area contributed by atoms with Crippen molar-refractivity contribution < 1.29 is 14.3 Å². The van der Waals surface area contributed by atoms with E-state index in [2.05, 4.69) is 16.0 Å². The number of ether oxygens (including phenoxy) is 1. The molecule has 0 radical (unpaired) electrons. The van der Waals surface area contributed by atoms with Crippen molar-refractivity contribution in [1.29, 1.82) is 0 Å². The lowest BCUT2D eigenvalue weighted by molar-refractivity contribution is -0.119. The van der Waals surface area contributed by atoms with Gasteiger partial charge in [-0.15, -0.1) is 0 Å². The summed E-state index contributed by atoms with van der Waals surface area (Å²) in [5.74, 6) is -0.220. The highest BCUT2D eigenvalue weighted by molar-refractivity contribution is 5.96. The van der Waals surface area contributed by atoms with Crippen LogP contribution in [0.5, 0.6) is 0 Å². The van der Waals surface area contributed by atoms with E-state index in [1.165, 1.54) is 0 Å². The smallest absolute Gasteiger partial charge is 0.251 e. The number of carbonyl (C=O) groups excluding carboxylic acids is 2. The van der Waals surface area contributed by atoms with Crippen molar-refractivity contribution in [1.82, 2.24) is 10.6 Å². The third-order valence-corrected chi connectivity index (χ3v) is 3.34. The molecule has 6 heteroatoms. The summed E-state index contributed by atoms with van der Waals surface area (Å²) >= 11 is 0. The molecule has 6 nitrogen and oxygen atoms in total. The van der Waals surface area contributed by atoms with Gasteiger partial charge in [0.25, 0.3) is 5.91 Å². The van der Waals surface area contributed by atoms with E-state index >= 15 is 0 Å². The van der Waals surface area contributed by atoms with Gasteiger partial charge >= 0.3 is 0 Å². The quantitative estimate of drug-likeness (QED) is 0.786. The molecule has 1 aromatic rings. The molecule has 1 fully saturated rings. The van der Waals surface area contributed by atoms with Crippen LogP contribution in [0.2, 0.25) is 0 Å². The molecule has 23 heavy (non-hydrogen) atoms. The van der Waals surface area contributed by atoms with E-state index in [1.807, 2.05) is 20.8 Å². The Kier molecular flexibility index (Phi) is 5.74. The largest absolute Gasteiger partial charge is 0.375 e. The molecule has 2 rings (SSSR count). The summed E-state index contributed by atoms with van der Waals surface area (Å²) in [7, 11) is 0. The summed E-state index contributed by atoms with van der Waals surface area (Å²) in [6.07, 6.45) is 0.236. The number of anilines is 1. The first kappa shape index (κ1) is 17.4. The number of hydrogen-bond acceptors (Lipinski definition) is 4. The second-order valence-corrected chi connectivity index (χ2v) is 6.73. The Morgan fingerprint density at radius 3 is 2.52 bits per heavy atom. The van der Waals surface area contributed by atoms with E-state index < -0.39 is 0 Å². The van der Waals surface area contributed by atoms with E-state index in [-0.39, 0.29) is 23.5 Å². The van der Waals surface area contributed by atoms with Crippen molar-refractivity contribution in [3.63, 3.8) is 0 Å². The third-order valence-electron chi connectivity index (χ3n) is 3.34. The SMILES string of the molecule is CC(C)(C)NC(=O)c1ccc(NC(=O)CC2CNCCO2)cc1. The lowest BCUT2D eigenvalue weighted by Gasteiger charge is -2.23. The van der Waals surface area contributed by atoms with Crippen LogP contribution in [-0.2, 0) is 9.53 Å². The third kappa shape index (κ3) is 6.00. The molecule has 126 valence electrons. The Labute approximate surface area is 137 Å². The number of benzene rings is 1. The zero-order valence-corrected chi connectivity index (χ0v) is 13.9. The summed E-state index contributed by atoms with van der Waals surface area (Å²) in [5.41, 5.74) is 0.960. The molecule has 0 saturated carbocycles. The van der Waals surface area contributed by atoms with Gasteiger partial charge in [0.2, 0.25) is 5.91 Å². The van der Waals surface area contributed by atoms with Crippen LogP contribution in [0.3, 0.4) is 0 Å². The molecule has 1 atom stereocenters. The van der Waals surface area contributed by atoms with Crippen molar-refractivity contribution in [3.05, 3.63) is 29.8 Å². The number of nitrogens with one attached hydrogen (secondary N) is 3. The predicted molar refractivity (Wildman–Crippen MR) is 89.5 cm³/mol. The van der Waals surface area contributed by atoms with Crippen LogP contribution in [0.15, 0.2) is 24.3 Å². The zero-order chi connectivity index (χ0) is 16.9. The van der Waals surface area contributed by atoms with Crippen LogP contribution in [0.4, 0.5) is 5.69 Å². The molecule has 1 aromatic carbocycles. The average Bonchev–Trinajstić information content (AvgIpc) is 2.47. The van der Waals surface area contributed by atoms with Gasteiger partial charge in [-0.2, -0.15) is 0 Å². The fraction of sp³-hybridized carbons (Fsp3) is 0.529. The Hall–Kier alpha value is -1.92. The second-order valence-electron chi connectivity index (χ2n) is 6.73. The van der Waals surface area contributed by atoms with Gasteiger partial charge in [0.05, 0.1) is 19.1 Å². The lowest BCUT2D eigenvalue weighted by atomic mass is 10.1. The van der Waals surface area contributed by atoms with Crippen LogP contribution in [0, 0.1) is 0 Å². The maximum atomic E-state index is 12.0. The number of amides is 2. The van der Waals surface area contributed by atoms with Crippen LogP contribution in [0.1, 0.15) is 37.6 Å². The lowest BCUT2D eigenvalue weighted by Crippen LogP contribution is -2.40. The first-order chi connectivity index (χ1) is 10.8. The highest BCUT2D eigenvalue weighted by Gasteiger charge is 2.18. The van der Waals surface area contributed by atoms with E-state index in [4.69, 9.17) is 4.74 Å². The molecular weight excluding hydrogens is 294 g/mol. The zero-order valence-electron chi connectivity index (χ0n) is 13.9. The van der Waals surface area contributed by atoms with Gasteiger partial charge in [-0.1, -0.05) is 0 Å². The van der Waals surface area contributed by atoms with Crippen molar-refractivity contribution in [3.8, 4) is 0 Å². The van der Waals surface area contributed by atoms with Gasteiger partial charge in [-0.05, 0) is 45.0 Å². The fourth-order valence-corrected chi connectivity index (χ4v) is 2.29. The van der Waals surface area contributed by atoms with Gasteiger partial charge in [0.1, 0.15) is 0 Å². The van der Waals surface area contributed by atoms with Crippen molar-refractivity contribution in [2.75, 3.05) is 25.0 Å². The normalized spacial score (nSPS) is 18.3. The van der Waals surface area contributed by atoms with Crippen LogP contribution >= 0.6 is 0 Å². The molecular formula is C17H25N3O3. The minimum absolute atomic E-state index is 0.0828. The van der Waals surface area contributed by atoms with Gasteiger partial charge in [-0.3, -0.25) is 9.59 Å². The van der Waals surface area contributed by atoms with Crippen LogP contribution in [-0.4, -0.2) is 43.2 Å². The van der Waals surface area contributed by atoms with Crippen molar-refractivity contribution in [2.24, 2.45) is 0 Å². The van der Waals surface area contributed by atoms with Crippen LogP contribution in [0.25, 0.3) is 0 Å². The number of morpholine rings is 1. The first-order valence-corrected chi connectivity index (χ1v) is 7.88. The number of carbonyl (C=O) groups is 2. The monoisotopic (exact) mass is 319 g/mol. The number of rotatable bonds is 4. The molecule has 2 amide bonds. The Bertz CT molecular complexity index is 543. The fourth-order valence-electron chi connectivity index (χ4n) is 2.29. The molecule has 1 unspecified atom stereocenters. The summed E-state index contributed by atoms with van der Waals surface area (Å²) in [6, 6.07) is 6.87. The predicted octanol–water partition coefficient (Wildman–Crippen LogP) is 1.53. The molecule has 1 aliphatic rings. The molecule has 0 aromatic heterocycles. The highest BCUT2D eigenvalue weighted by Crippen LogP contribution is 2.12. The van der Waals surface area contributed by atoms with Crippen molar-refractivity contribution in [2.45, 2.75) is 38.8 Å². The second kappa shape index (κ2) is 7.57. The molecule has 3 N–H and O–H groups in total. The van der Waals surface area contributed by atoms with E-state index in [0.717, 1.165) is 6.54 Å². The average molecular weight is 319 g/mol. The van der Waals surface area contributed by atoms with Crippen molar-refractivity contribution >= 4 is 17.5 Å². The Morgan fingerprint density at radius 2 is 1.96 bits per heavy atom. The van der Waals surface area contributed by atoms with E-state index in [9.17, 15) is 9.59 Å². The Balaban J connectivity index is 1.86. The first-order valence-electron chi connectivity index (χ1n) is 7.88. The molecule has 1 heterocycles. The summed E-state index contributed by atoms with van der Waals surface area (Å²) in [6.45, 7) is 7.95. The maximum absolute atomic E-state index is 12.0. The number of hydrogen-bond donors (Lipinski definition) is 3. The summed E-state index contributed by atoms with van der Waals surface area (Å²) < 4.78 is 5.51. The minimum atomic E-state index is -0.280. The maximum Gasteiger partial charge on any atom is 0.251 e. The summed E-state index contributed by atoms with van der Waals surface area (Å²) in [5, 5.41) is 8.92. The highest BCUT2D eigenvalue weighted by atomic mass is 16.5. The molecule has 0 bridgehead atoms. The van der Waals surface area contributed by atoms with Crippen LogP contribution < -0.4 is 16.0 Å². The van der Waals surface area contributed by atoms with Gasteiger partial charge in [0.15, 0.2) is 0 Å². The standard InChI is InChI=1S/C17H25N3O3/c1-17(2,3)20-16(22)12-4-6-13(7-5-12)19-15(21)10-14-11-18-8-9-23-14/h4-7,14,18H,8-11H2,1-3H3,(H,19,21)(H,20,22). The molecule has 0 aliphatic carbocycles. The Morgan fingerprint density at radius 1 is 1.26 bits per heavy atom. The minimum Gasteiger partial charge on any atom is -0.375 e. The van der Waals surface area contributed by atoms with Gasteiger partial charge < -0.3 is 20.7 Å². The van der Waals surface area contributed by atoms with Gasteiger partial charge in [-0.25, -0.2) is 0 Å². The van der Waals surface area contributed by atoms with E-state index in [1.54, 1.807) is 24.3 Å². The van der Waals surface area contributed by atoms with E-state index in [0.29, 0.717) is 30.8 Å². The summed E-state index contributed by atoms with van der Waals surface area (Å²) in [4.78, 5) is 24.0. The molecule has 1 aliphatic heterocycles. The topological polar surface area (TPSA) is 79.5 Å².